The van der Waals surface area contributed by atoms with Gasteiger partial charge < -0.3 is 67.3 Å². The molecule has 0 spiro atoms. The Morgan fingerprint density at radius 2 is 1.36 bits per heavy atom. The quantitative estimate of drug-likeness (QED) is 0.0723. The molecule has 3 aliphatic heterocycles. The fourth-order valence-corrected chi connectivity index (χ4v) is 10.1. The van der Waals surface area contributed by atoms with Crippen LogP contribution in [0, 0.1) is 0 Å². The maximum atomic E-state index is 14.4. The first-order chi connectivity index (χ1) is 37.5. The van der Waals surface area contributed by atoms with Gasteiger partial charge in [-0.2, -0.15) is 0 Å². The molecule has 0 saturated carbocycles. The number of nitrogens with one attached hydrogen (secondary N) is 5. The Morgan fingerprint density at radius 3 is 1.99 bits per heavy atom. The van der Waals surface area contributed by atoms with E-state index in [1.54, 1.807) is 36.4 Å². The Balaban J connectivity index is 1.12. The third-order valence-corrected chi connectivity index (χ3v) is 14.6. The van der Waals surface area contributed by atoms with E-state index in [2.05, 4.69) is 33.5 Å². The van der Waals surface area contributed by atoms with Gasteiger partial charge in [0.1, 0.15) is 47.8 Å². The maximum absolute atomic E-state index is 14.4. The van der Waals surface area contributed by atoms with E-state index in [1.807, 2.05) is 48.5 Å². The van der Waals surface area contributed by atoms with Gasteiger partial charge in [-0.05, 0) is 129 Å². The topological polar surface area (TPSA) is 302 Å². The van der Waals surface area contributed by atoms with Crippen LogP contribution in [0.4, 0.5) is 0 Å². The highest BCUT2D eigenvalue weighted by molar-refractivity contribution is 6.00. The Bertz CT molecular complexity index is 2690. The lowest BCUT2D eigenvalue weighted by Gasteiger charge is -2.32. The summed E-state index contributed by atoms with van der Waals surface area (Å²) >= 11 is 0. The van der Waals surface area contributed by atoms with Crippen LogP contribution in [-0.2, 0) is 35.2 Å². The van der Waals surface area contributed by atoms with Crippen molar-refractivity contribution < 1.29 is 58.7 Å². The first-order valence-corrected chi connectivity index (χ1v) is 27.1. The molecule has 9 atom stereocenters. The van der Waals surface area contributed by atoms with Crippen molar-refractivity contribution in [2.45, 2.75) is 139 Å². The molecule has 4 aromatic rings. The monoisotopic (exact) mass is 1070 g/mol. The lowest BCUT2D eigenvalue weighted by atomic mass is 9.99. The minimum Gasteiger partial charge on any atom is -0.508 e. The molecule has 418 valence electrons. The molecule has 0 radical (unpaired) electrons. The Hall–Kier alpha value is -7.39. The van der Waals surface area contributed by atoms with Crippen molar-refractivity contribution >= 4 is 41.4 Å². The van der Waals surface area contributed by atoms with E-state index in [1.165, 1.54) is 24.0 Å². The molecular formula is C58H74N8O12. The zero-order valence-electron chi connectivity index (χ0n) is 44.3. The summed E-state index contributed by atoms with van der Waals surface area (Å²) in [6, 6.07) is 20.6. The molecule has 20 nitrogen and oxygen atoms in total. The second-order valence-electron chi connectivity index (χ2n) is 20.4. The Labute approximate surface area is 454 Å². The summed E-state index contributed by atoms with van der Waals surface area (Å²) in [7, 11) is 0. The van der Waals surface area contributed by atoms with Gasteiger partial charge in [0.05, 0.1) is 24.9 Å². The van der Waals surface area contributed by atoms with Crippen molar-refractivity contribution in [3.63, 3.8) is 0 Å². The normalized spacial score (nSPS) is 24.2. The molecule has 7 amide bonds. The molecule has 11 N–H and O–H groups in total. The van der Waals surface area contributed by atoms with Gasteiger partial charge in [-0.1, -0.05) is 80.4 Å². The van der Waals surface area contributed by atoms with E-state index in [0.29, 0.717) is 12.2 Å². The number of unbranched alkanes of at least 4 members (excludes halogenated alkanes) is 2. The second-order valence-corrected chi connectivity index (χ2v) is 20.4. The number of aromatic hydroxyl groups is 1. The van der Waals surface area contributed by atoms with Gasteiger partial charge in [-0.15, -0.1) is 0 Å². The summed E-state index contributed by atoms with van der Waals surface area (Å²) in [6.45, 7) is 3.79. The van der Waals surface area contributed by atoms with Crippen molar-refractivity contribution in [1.29, 1.82) is 0 Å². The number of aliphatic hydroxyl groups excluding tert-OH is 3. The van der Waals surface area contributed by atoms with Gasteiger partial charge in [0.2, 0.25) is 35.4 Å². The molecule has 0 bridgehead atoms. The number of amides is 7. The fourth-order valence-electron chi connectivity index (χ4n) is 10.1. The number of aliphatic hydroxyl groups is 3. The minimum atomic E-state index is -1.68. The zero-order valence-corrected chi connectivity index (χ0v) is 44.3. The summed E-state index contributed by atoms with van der Waals surface area (Å²) in [4.78, 5) is 102. The van der Waals surface area contributed by atoms with Crippen molar-refractivity contribution in [2.75, 3.05) is 32.8 Å². The van der Waals surface area contributed by atoms with Gasteiger partial charge in [-0.25, -0.2) is 0 Å². The van der Waals surface area contributed by atoms with E-state index in [4.69, 9.17) is 10.5 Å². The number of ether oxygens (including phenoxy) is 1. The van der Waals surface area contributed by atoms with E-state index in [-0.39, 0.29) is 88.9 Å². The summed E-state index contributed by atoms with van der Waals surface area (Å²) in [5, 5.41) is 56.4. The molecule has 20 heteroatoms. The third kappa shape index (κ3) is 15.2. The van der Waals surface area contributed by atoms with Crippen molar-refractivity contribution in [3.8, 4) is 33.8 Å². The van der Waals surface area contributed by atoms with Crippen molar-refractivity contribution in [1.82, 2.24) is 36.4 Å². The van der Waals surface area contributed by atoms with Crippen LogP contribution in [0.3, 0.4) is 0 Å². The molecule has 4 aromatic carbocycles. The largest absolute Gasteiger partial charge is 0.508 e. The number of carbonyl (C=O) groups is 7. The molecule has 7 rings (SSSR count). The predicted molar refractivity (Wildman–Crippen MR) is 290 cm³/mol. The van der Waals surface area contributed by atoms with Crippen LogP contribution in [0.1, 0.15) is 94.0 Å². The Kier molecular flexibility index (Phi) is 20.8. The summed E-state index contributed by atoms with van der Waals surface area (Å²) in [5.41, 5.74) is 10.5. The van der Waals surface area contributed by atoms with Crippen LogP contribution in [-0.4, -0.2) is 159 Å². The van der Waals surface area contributed by atoms with Gasteiger partial charge in [0.15, 0.2) is 0 Å². The summed E-state index contributed by atoms with van der Waals surface area (Å²) < 4.78 is 5.86. The van der Waals surface area contributed by atoms with E-state index >= 15 is 0 Å². The fraction of sp³-hybridized carbons (Fsp3) is 0.466. The third-order valence-electron chi connectivity index (χ3n) is 14.6. The number of fused-ring (bicyclic) bond motifs is 2. The maximum Gasteiger partial charge on any atom is 0.251 e. The van der Waals surface area contributed by atoms with Gasteiger partial charge in [-0.3, -0.25) is 33.6 Å². The van der Waals surface area contributed by atoms with E-state index < -0.39 is 95.9 Å². The molecule has 3 saturated heterocycles. The zero-order chi connectivity index (χ0) is 55.9. The van der Waals surface area contributed by atoms with Crippen LogP contribution >= 0.6 is 0 Å². The number of rotatable bonds is 16. The highest BCUT2D eigenvalue weighted by Crippen LogP contribution is 2.28. The SMILES string of the molecule is CCCCCOc1ccc(-c2ccc(-c3ccc(C(=O)N[C@H]4CCCNC(=O)[C@@H]5C(O)CCN5C(=O)[C@H](CCCN)NC(=O)[C@H](CCc5ccc(O)cc5)NC(=O)[C@@H]5C[C@@H](O)CN5C(=O)[C@H]([C@@H](C)O)NC4=O)cc3)cc2)cc1. The number of carbonyl (C=O) groups excluding carboxylic acids is 7. The van der Waals surface area contributed by atoms with E-state index in [9.17, 15) is 54.0 Å². The van der Waals surface area contributed by atoms with Crippen molar-refractivity contribution in [3.05, 3.63) is 108 Å². The second kappa shape index (κ2) is 27.8. The van der Waals surface area contributed by atoms with Crippen LogP contribution in [0.25, 0.3) is 22.3 Å². The first kappa shape index (κ1) is 58.3. The highest BCUT2D eigenvalue weighted by Gasteiger charge is 2.46. The molecule has 78 heavy (non-hydrogen) atoms. The number of hydrogen-bond donors (Lipinski definition) is 10. The number of aryl methyl sites for hydroxylation is 1. The number of phenolic OH excluding ortho intramolecular Hbond substituents is 1. The number of benzene rings is 4. The molecule has 3 aliphatic rings. The van der Waals surface area contributed by atoms with Crippen LogP contribution < -0.4 is 37.1 Å². The molecule has 0 aromatic heterocycles. The standard InChI is InChI=1S/C58H74N8O12/c1-3-4-5-32-78-44-25-21-40(22-26-44)38-15-13-37(14-16-38)39-17-19-41(20-18-39)52(71)61-45-9-7-30-60-56(75)51-49(70)28-31-65(51)57(76)47(8-6-29-59)63-53(72)46(27-12-36-10-23-42(68)24-11-36)62-55(74)48-33-43(69)34-66(48)58(77)50(35(2)67)64-54(45)73/h10-11,13-26,35,43,45-51,67-70H,3-9,12,27-34,59H2,1-2H3,(H,60,75)(H,61,71)(H,62,74)(H,63,72)(H,64,73)/t35-,43-,45+,46+,47+,48+,49?,50+,51+/m1/s1. The first-order valence-electron chi connectivity index (χ1n) is 27.1. The number of nitrogens with two attached hydrogens (primary N) is 1. The number of hydrogen-bond acceptors (Lipinski definition) is 13. The van der Waals surface area contributed by atoms with Gasteiger partial charge in [0, 0.05) is 31.6 Å². The highest BCUT2D eigenvalue weighted by atomic mass is 16.5. The lowest BCUT2D eigenvalue weighted by Crippen LogP contribution is -2.61. The Morgan fingerprint density at radius 1 is 0.731 bits per heavy atom. The summed E-state index contributed by atoms with van der Waals surface area (Å²) in [5.74, 6) is -4.56. The minimum absolute atomic E-state index is 0.0151. The molecule has 1 unspecified atom stereocenters. The summed E-state index contributed by atoms with van der Waals surface area (Å²) in [6.07, 6.45) is -0.465. The average Bonchev–Trinajstić information content (AvgIpc) is 4.06. The van der Waals surface area contributed by atoms with Crippen LogP contribution in [0.15, 0.2) is 97.1 Å². The van der Waals surface area contributed by atoms with Crippen LogP contribution in [0.5, 0.6) is 11.5 Å². The van der Waals surface area contributed by atoms with Gasteiger partial charge in [0.25, 0.3) is 5.91 Å². The number of phenols is 1. The molecule has 3 fully saturated rings. The smallest absolute Gasteiger partial charge is 0.251 e. The van der Waals surface area contributed by atoms with E-state index in [0.717, 1.165) is 52.2 Å². The average molecular weight is 1080 g/mol. The van der Waals surface area contributed by atoms with Crippen molar-refractivity contribution in [2.24, 2.45) is 5.73 Å². The molecular weight excluding hydrogens is 1000 g/mol. The lowest BCUT2D eigenvalue weighted by molar-refractivity contribution is -0.145. The molecule has 3 heterocycles. The number of nitrogens with zero attached hydrogens (tertiary/aromatic N) is 2. The van der Waals surface area contributed by atoms with Gasteiger partial charge >= 0.3 is 0 Å². The predicted octanol–water partition coefficient (Wildman–Crippen LogP) is 2.43. The molecule has 0 aliphatic carbocycles. The van der Waals surface area contributed by atoms with Crippen LogP contribution in [0.2, 0.25) is 0 Å².